The fraction of sp³-hybridized carbons (Fsp3) is 0.364. The number of anilines is 1. The summed E-state index contributed by atoms with van der Waals surface area (Å²) >= 11 is 0. The van der Waals surface area contributed by atoms with Crippen LogP contribution in [0.2, 0.25) is 0 Å². The largest absolute Gasteiger partial charge is 0.356 e. The molecule has 1 aromatic heterocycles. The van der Waals surface area contributed by atoms with Crippen LogP contribution in [0.3, 0.4) is 0 Å². The van der Waals surface area contributed by atoms with Gasteiger partial charge in [0.15, 0.2) is 0 Å². The van der Waals surface area contributed by atoms with E-state index in [4.69, 9.17) is 4.98 Å². The average Bonchev–Trinajstić information content (AvgIpc) is 3.23. The van der Waals surface area contributed by atoms with Crippen LogP contribution in [0.25, 0.3) is 10.9 Å². The van der Waals surface area contributed by atoms with Gasteiger partial charge >= 0.3 is 0 Å². The van der Waals surface area contributed by atoms with Crippen molar-refractivity contribution in [3.8, 4) is 0 Å². The van der Waals surface area contributed by atoms with Gasteiger partial charge in [-0.2, -0.15) is 0 Å². The van der Waals surface area contributed by atoms with Crippen molar-refractivity contribution in [2.24, 2.45) is 0 Å². The Morgan fingerprint density at radius 3 is 2.52 bits per heavy atom. The summed E-state index contributed by atoms with van der Waals surface area (Å²) in [6.07, 6.45) is 2.29. The number of benzene rings is 2. The highest BCUT2D eigenvalue weighted by atomic mass is 32.2. The maximum absolute atomic E-state index is 12.9. The zero-order chi connectivity index (χ0) is 20.6. The molecule has 1 aliphatic heterocycles. The molecule has 0 spiro atoms. The van der Waals surface area contributed by atoms with E-state index in [0.717, 1.165) is 59.3 Å². The molecule has 7 heteroatoms. The Labute approximate surface area is 172 Å². The Balaban J connectivity index is 1.69. The fourth-order valence-electron chi connectivity index (χ4n) is 3.81. The minimum absolute atomic E-state index is 0.0564. The molecule has 6 nitrogen and oxygen atoms in total. The molecule has 0 bridgehead atoms. The minimum atomic E-state index is -3.65. The summed E-state index contributed by atoms with van der Waals surface area (Å²) in [4.78, 5) is 12.0. The summed E-state index contributed by atoms with van der Waals surface area (Å²) in [5.74, 6) is 1.39. The molecule has 1 saturated heterocycles. The van der Waals surface area contributed by atoms with Gasteiger partial charge in [0, 0.05) is 18.5 Å². The number of fused-ring (bicyclic) bond motifs is 1. The molecule has 1 aliphatic rings. The highest BCUT2D eigenvalue weighted by Gasteiger charge is 2.21. The molecular weight excluding hydrogens is 384 g/mol. The van der Waals surface area contributed by atoms with Gasteiger partial charge in [-0.15, -0.1) is 0 Å². The molecule has 1 N–H and O–H groups in total. The van der Waals surface area contributed by atoms with Gasteiger partial charge in [-0.1, -0.05) is 24.3 Å². The van der Waals surface area contributed by atoms with Crippen LogP contribution in [0.4, 0.5) is 5.82 Å². The van der Waals surface area contributed by atoms with Gasteiger partial charge in [-0.05, 0) is 62.4 Å². The lowest BCUT2D eigenvalue weighted by Gasteiger charge is -2.20. The van der Waals surface area contributed by atoms with Crippen LogP contribution in [-0.2, 0) is 16.6 Å². The lowest BCUT2D eigenvalue weighted by atomic mass is 10.1. The third-order valence-electron chi connectivity index (χ3n) is 5.41. The van der Waals surface area contributed by atoms with E-state index in [1.165, 1.54) is 0 Å². The number of nitrogens with one attached hydrogen (secondary N) is 1. The predicted octanol–water partition coefficient (Wildman–Crippen LogP) is 3.63. The summed E-state index contributed by atoms with van der Waals surface area (Å²) in [7, 11) is -3.65. The topological polar surface area (TPSA) is 75.2 Å². The number of hydrogen-bond acceptors (Lipinski definition) is 5. The summed E-state index contributed by atoms with van der Waals surface area (Å²) < 4.78 is 28.4. The maximum Gasteiger partial charge on any atom is 0.241 e. The highest BCUT2D eigenvalue weighted by Crippen LogP contribution is 2.28. The van der Waals surface area contributed by atoms with Crippen molar-refractivity contribution in [1.29, 1.82) is 0 Å². The molecule has 0 atom stereocenters. The molecule has 2 heterocycles. The molecule has 0 aliphatic carbocycles. The smallest absolute Gasteiger partial charge is 0.241 e. The number of aromatic nitrogens is 2. The van der Waals surface area contributed by atoms with Crippen LogP contribution in [-0.4, -0.2) is 31.5 Å². The Bertz CT molecular complexity index is 1170. The maximum atomic E-state index is 12.9. The van der Waals surface area contributed by atoms with Crippen molar-refractivity contribution in [2.45, 2.75) is 45.1 Å². The van der Waals surface area contributed by atoms with Crippen LogP contribution < -0.4 is 9.62 Å². The molecule has 152 valence electrons. The molecule has 0 saturated carbocycles. The van der Waals surface area contributed by atoms with E-state index < -0.39 is 10.0 Å². The van der Waals surface area contributed by atoms with E-state index >= 15 is 0 Å². The van der Waals surface area contributed by atoms with Gasteiger partial charge in [0.05, 0.1) is 17.0 Å². The molecular formula is C22H26N4O2S. The third kappa shape index (κ3) is 3.97. The van der Waals surface area contributed by atoms with E-state index in [-0.39, 0.29) is 6.54 Å². The first-order chi connectivity index (χ1) is 13.8. The molecule has 4 rings (SSSR count). The monoisotopic (exact) mass is 410 g/mol. The van der Waals surface area contributed by atoms with Crippen LogP contribution in [0.15, 0.2) is 41.3 Å². The second-order valence-corrected chi connectivity index (χ2v) is 9.46. The van der Waals surface area contributed by atoms with Gasteiger partial charge in [0.1, 0.15) is 11.6 Å². The second kappa shape index (κ2) is 7.72. The summed E-state index contributed by atoms with van der Waals surface area (Å²) in [6.45, 7) is 7.70. The third-order valence-corrected chi connectivity index (χ3v) is 6.96. The fourth-order valence-corrected chi connectivity index (χ4v) is 5.12. The molecule has 29 heavy (non-hydrogen) atoms. The first kappa shape index (κ1) is 19.8. The predicted molar refractivity (Wildman–Crippen MR) is 116 cm³/mol. The molecule has 0 amide bonds. The summed E-state index contributed by atoms with van der Waals surface area (Å²) in [5, 5.41) is 1.02. The standard InChI is InChI=1S/C22H26N4O2S/c1-15-9-10-16(2)19(13-15)29(27,28)23-14-20-24-21-17(3)7-6-8-18(21)22(25-20)26-11-4-5-12-26/h6-10,13,23H,4-5,11-12,14H2,1-3H3. The second-order valence-electron chi connectivity index (χ2n) is 7.72. The van der Waals surface area contributed by atoms with Crippen molar-refractivity contribution < 1.29 is 8.42 Å². The highest BCUT2D eigenvalue weighted by molar-refractivity contribution is 7.89. The van der Waals surface area contributed by atoms with Gasteiger partial charge in [0.2, 0.25) is 10.0 Å². The Kier molecular flexibility index (Phi) is 5.27. The van der Waals surface area contributed by atoms with E-state index in [2.05, 4.69) is 14.6 Å². The number of aryl methyl sites for hydroxylation is 3. The van der Waals surface area contributed by atoms with Gasteiger partial charge in [-0.3, -0.25) is 0 Å². The van der Waals surface area contributed by atoms with E-state index in [1.807, 2.05) is 44.2 Å². The van der Waals surface area contributed by atoms with Crippen molar-refractivity contribution in [3.63, 3.8) is 0 Å². The number of nitrogens with zero attached hydrogens (tertiary/aromatic N) is 3. The molecule has 3 aromatic rings. The minimum Gasteiger partial charge on any atom is -0.356 e. The van der Waals surface area contributed by atoms with Gasteiger partial charge in [0.25, 0.3) is 0 Å². The Morgan fingerprint density at radius 2 is 1.76 bits per heavy atom. The quantitative estimate of drug-likeness (QED) is 0.695. The molecule has 1 fully saturated rings. The van der Waals surface area contributed by atoms with Crippen molar-refractivity contribution in [2.75, 3.05) is 18.0 Å². The number of sulfonamides is 1. The van der Waals surface area contributed by atoms with Crippen LogP contribution in [0, 0.1) is 20.8 Å². The SMILES string of the molecule is Cc1ccc(C)c(S(=O)(=O)NCc2nc(N3CCCC3)c3cccc(C)c3n2)c1. The lowest BCUT2D eigenvalue weighted by Crippen LogP contribution is -2.26. The Morgan fingerprint density at radius 1 is 1.00 bits per heavy atom. The number of para-hydroxylation sites is 1. The zero-order valence-electron chi connectivity index (χ0n) is 17.1. The molecule has 0 unspecified atom stereocenters. The number of hydrogen-bond donors (Lipinski definition) is 1. The number of rotatable bonds is 5. The van der Waals surface area contributed by atoms with Gasteiger partial charge in [-0.25, -0.2) is 23.1 Å². The summed E-state index contributed by atoms with van der Waals surface area (Å²) in [5.41, 5.74) is 3.57. The van der Waals surface area contributed by atoms with Crippen LogP contribution in [0.1, 0.15) is 35.4 Å². The molecule has 0 radical (unpaired) electrons. The zero-order valence-corrected chi connectivity index (χ0v) is 17.9. The van der Waals surface area contributed by atoms with Crippen LogP contribution >= 0.6 is 0 Å². The van der Waals surface area contributed by atoms with Crippen molar-refractivity contribution in [3.05, 3.63) is 58.9 Å². The average molecular weight is 411 g/mol. The first-order valence-electron chi connectivity index (χ1n) is 9.93. The van der Waals surface area contributed by atoms with E-state index in [0.29, 0.717) is 10.7 Å². The van der Waals surface area contributed by atoms with E-state index in [1.54, 1.807) is 13.0 Å². The van der Waals surface area contributed by atoms with Gasteiger partial charge < -0.3 is 4.90 Å². The summed E-state index contributed by atoms with van der Waals surface area (Å²) in [6, 6.07) is 11.5. The first-order valence-corrected chi connectivity index (χ1v) is 11.4. The Hall–Kier alpha value is -2.51. The van der Waals surface area contributed by atoms with Crippen molar-refractivity contribution >= 4 is 26.7 Å². The molecule has 2 aromatic carbocycles. The lowest BCUT2D eigenvalue weighted by molar-refractivity contribution is 0.578. The van der Waals surface area contributed by atoms with Crippen LogP contribution in [0.5, 0.6) is 0 Å². The van der Waals surface area contributed by atoms with E-state index in [9.17, 15) is 8.42 Å². The normalized spacial score (nSPS) is 14.7. The van der Waals surface area contributed by atoms with Crippen molar-refractivity contribution in [1.82, 2.24) is 14.7 Å².